The lowest BCUT2D eigenvalue weighted by atomic mass is 9.77. The minimum absolute atomic E-state index is 0.0852. The van der Waals surface area contributed by atoms with Crippen LogP contribution in [0.1, 0.15) is 41.3 Å². The van der Waals surface area contributed by atoms with Crippen molar-refractivity contribution in [3.63, 3.8) is 0 Å². The van der Waals surface area contributed by atoms with Crippen molar-refractivity contribution in [1.82, 2.24) is 19.9 Å². The summed E-state index contributed by atoms with van der Waals surface area (Å²) in [7, 11) is 0. The van der Waals surface area contributed by atoms with Crippen molar-refractivity contribution >= 4 is 16.8 Å². The highest BCUT2D eigenvalue weighted by atomic mass is 16.1. The van der Waals surface area contributed by atoms with Crippen LogP contribution in [0, 0.1) is 5.92 Å². The van der Waals surface area contributed by atoms with Crippen LogP contribution in [0.15, 0.2) is 134 Å². The molecular weight excluding hydrogens is 516 g/mol. The molecule has 210 valence electrons. The summed E-state index contributed by atoms with van der Waals surface area (Å²) >= 11 is 0. The number of hydrogen-bond acceptors (Lipinski definition) is 2. The van der Waals surface area contributed by atoms with Crippen molar-refractivity contribution in [2.75, 3.05) is 6.54 Å². The summed E-state index contributed by atoms with van der Waals surface area (Å²) in [6.45, 7) is 2.61. The Morgan fingerprint density at radius 1 is 0.833 bits per heavy atom. The quantitative estimate of drug-likeness (QED) is 0.133. The monoisotopic (exact) mass is 552 g/mol. The molecule has 0 saturated carbocycles. The number of amides is 1. The molecule has 6 aromatic rings. The number of aryl methyl sites for hydroxylation is 1. The third-order valence-corrected chi connectivity index (χ3v) is 8.16. The molecule has 0 saturated heterocycles. The number of rotatable bonds is 11. The molecule has 0 fully saturated rings. The Labute approximate surface area is 247 Å². The number of hydrogen-bond donors (Lipinski definition) is 2. The van der Waals surface area contributed by atoms with Gasteiger partial charge in [0.1, 0.15) is 5.54 Å². The van der Waals surface area contributed by atoms with E-state index in [0.29, 0.717) is 13.0 Å². The molecule has 42 heavy (non-hydrogen) atoms. The lowest BCUT2D eigenvalue weighted by Crippen LogP contribution is -2.36. The van der Waals surface area contributed by atoms with Gasteiger partial charge in [0, 0.05) is 35.8 Å². The van der Waals surface area contributed by atoms with E-state index in [9.17, 15) is 4.79 Å². The van der Waals surface area contributed by atoms with Crippen LogP contribution in [0.5, 0.6) is 0 Å². The number of carbonyl (C=O) groups excluding carboxylic acids is 1. The molecule has 1 atom stereocenters. The van der Waals surface area contributed by atoms with Crippen LogP contribution < -0.4 is 5.32 Å². The molecule has 0 bridgehead atoms. The SMILES string of the molecule is CC(Cc1c[nH]c2ccccc12)C(=O)NCCCc1cn(C(c2ccccc2)(c2ccccc2)c2ccccc2)cn1. The molecule has 0 radical (unpaired) electrons. The predicted molar refractivity (Wildman–Crippen MR) is 169 cm³/mol. The van der Waals surface area contributed by atoms with Gasteiger partial charge in [-0.15, -0.1) is 0 Å². The molecule has 1 amide bonds. The molecule has 4 aromatic carbocycles. The van der Waals surface area contributed by atoms with E-state index in [0.717, 1.165) is 24.1 Å². The Bertz CT molecular complexity index is 1640. The smallest absolute Gasteiger partial charge is 0.223 e. The summed E-state index contributed by atoms with van der Waals surface area (Å²) in [5.74, 6) is -0.0197. The van der Waals surface area contributed by atoms with Gasteiger partial charge >= 0.3 is 0 Å². The molecule has 1 unspecified atom stereocenters. The number of carbonyl (C=O) groups is 1. The molecule has 0 aliphatic carbocycles. The maximum absolute atomic E-state index is 12.9. The Hall–Kier alpha value is -4.90. The van der Waals surface area contributed by atoms with Gasteiger partial charge in [0.05, 0.1) is 12.0 Å². The number of nitrogens with one attached hydrogen (secondary N) is 2. The molecule has 2 heterocycles. The van der Waals surface area contributed by atoms with Gasteiger partial charge in [0.15, 0.2) is 0 Å². The van der Waals surface area contributed by atoms with E-state index < -0.39 is 5.54 Å². The second kappa shape index (κ2) is 12.3. The molecule has 5 heteroatoms. The fraction of sp³-hybridized carbons (Fsp3) is 0.189. The molecule has 2 aromatic heterocycles. The van der Waals surface area contributed by atoms with E-state index in [1.807, 2.05) is 31.6 Å². The van der Waals surface area contributed by atoms with Crippen molar-refractivity contribution in [1.29, 1.82) is 0 Å². The second-order valence-electron chi connectivity index (χ2n) is 10.9. The van der Waals surface area contributed by atoms with Gasteiger partial charge in [-0.2, -0.15) is 0 Å². The highest BCUT2D eigenvalue weighted by Crippen LogP contribution is 2.40. The lowest BCUT2D eigenvalue weighted by molar-refractivity contribution is -0.124. The number of aromatic nitrogens is 3. The summed E-state index contributed by atoms with van der Waals surface area (Å²) in [6, 6.07) is 40.1. The van der Waals surface area contributed by atoms with Gasteiger partial charge in [0.2, 0.25) is 5.91 Å². The number of imidazole rings is 1. The van der Waals surface area contributed by atoms with E-state index >= 15 is 0 Å². The van der Waals surface area contributed by atoms with Crippen molar-refractivity contribution < 1.29 is 4.79 Å². The van der Waals surface area contributed by atoms with Crippen molar-refractivity contribution in [2.24, 2.45) is 5.92 Å². The summed E-state index contributed by atoms with van der Waals surface area (Å²) in [4.78, 5) is 21.0. The maximum atomic E-state index is 12.9. The summed E-state index contributed by atoms with van der Waals surface area (Å²) in [6.07, 6.45) is 8.43. The largest absolute Gasteiger partial charge is 0.361 e. The molecule has 0 spiro atoms. The van der Waals surface area contributed by atoms with E-state index in [4.69, 9.17) is 4.98 Å². The third kappa shape index (κ3) is 5.38. The molecule has 2 N–H and O–H groups in total. The fourth-order valence-electron chi connectivity index (χ4n) is 6.04. The molecule has 5 nitrogen and oxygen atoms in total. The Balaban J connectivity index is 1.17. The van der Waals surface area contributed by atoms with E-state index in [-0.39, 0.29) is 11.8 Å². The fourth-order valence-corrected chi connectivity index (χ4v) is 6.04. The van der Waals surface area contributed by atoms with Gasteiger partial charge in [-0.1, -0.05) is 116 Å². The zero-order valence-electron chi connectivity index (χ0n) is 23.9. The number of aromatic amines is 1. The second-order valence-corrected chi connectivity index (χ2v) is 10.9. The number of nitrogens with zero attached hydrogens (tertiary/aromatic N) is 2. The normalized spacial score (nSPS) is 12.3. The summed E-state index contributed by atoms with van der Waals surface area (Å²) in [5, 5.41) is 4.33. The van der Waals surface area contributed by atoms with Crippen molar-refractivity contribution in [3.05, 3.63) is 162 Å². The Kier molecular flexibility index (Phi) is 8.00. The average molecular weight is 553 g/mol. The van der Waals surface area contributed by atoms with Gasteiger partial charge in [-0.25, -0.2) is 4.98 Å². The standard InChI is InChI=1S/C37H36N4O/c1-28(24-29-25-39-35-22-12-11-21-34(29)35)36(42)38-23-13-20-33-26-41(27-40-33)37(30-14-5-2-6-15-30,31-16-7-3-8-17-31)32-18-9-4-10-19-32/h2-12,14-19,21-22,25-28,39H,13,20,23-24H2,1H3,(H,38,42). The van der Waals surface area contributed by atoms with Gasteiger partial charge in [0.25, 0.3) is 0 Å². The Morgan fingerprint density at radius 2 is 1.40 bits per heavy atom. The first-order valence-corrected chi connectivity index (χ1v) is 14.7. The minimum atomic E-state index is -0.568. The zero-order chi connectivity index (χ0) is 28.8. The van der Waals surface area contributed by atoms with Gasteiger partial charge in [-0.05, 0) is 47.6 Å². The first-order valence-electron chi connectivity index (χ1n) is 14.7. The minimum Gasteiger partial charge on any atom is -0.361 e. The highest BCUT2D eigenvalue weighted by molar-refractivity contribution is 5.84. The van der Waals surface area contributed by atoms with Crippen LogP contribution in [-0.2, 0) is 23.2 Å². The zero-order valence-corrected chi connectivity index (χ0v) is 23.9. The van der Waals surface area contributed by atoms with Crippen LogP contribution in [-0.4, -0.2) is 27.0 Å². The van der Waals surface area contributed by atoms with Crippen LogP contribution in [0.3, 0.4) is 0 Å². The summed E-state index contributed by atoms with van der Waals surface area (Å²) < 4.78 is 2.24. The lowest BCUT2D eigenvalue weighted by Gasteiger charge is -2.37. The van der Waals surface area contributed by atoms with Gasteiger partial charge in [-0.3, -0.25) is 4.79 Å². The number of fused-ring (bicyclic) bond motifs is 1. The predicted octanol–water partition coefficient (Wildman–Crippen LogP) is 7.13. The van der Waals surface area contributed by atoms with E-state index in [2.05, 4.69) is 124 Å². The Morgan fingerprint density at radius 3 is 2.02 bits per heavy atom. The molecule has 6 rings (SSSR count). The first kappa shape index (κ1) is 27.3. The topological polar surface area (TPSA) is 62.7 Å². The van der Waals surface area contributed by atoms with E-state index in [1.54, 1.807) is 0 Å². The van der Waals surface area contributed by atoms with Crippen molar-refractivity contribution in [2.45, 2.75) is 31.7 Å². The van der Waals surface area contributed by atoms with Crippen LogP contribution in [0.25, 0.3) is 10.9 Å². The molecular formula is C37H36N4O. The van der Waals surface area contributed by atoms with Crippen LogP contribution in [0.4, 0.5) is 0 Å². The first-order chi connectivity index (χ1) is 20.7. The molecule has 0 aliphatic rings. The molecule has 0 aliphatic heterocycles. The highest BCUT2D eigenvalue weighted by Gasteiger charge is 2.38. The van der Waals surface area contributed by atoms with E-state index in [1.165, 1.54) is 27.6 Å². The third-order valence-electron chi connectivity index (χ3n) is 8.16. The van der Waals surface area contributed by atoms with Gasteiger partial charge < -0.3 is 14.9 Å². The number of H-pyrrole nitrogens is 1. The van der Waals surface area contributed by atoms with Crippen LogP contribution >= 0.6 is 0 Å². The maximum Gasteiger partial charge on any atom is 0.223 e. The number of para-hydroxylation sites is 1. The number of benzene rings is 4. The van der Waals surface area contributed by atoms with Crippen LogP contribution in [0.2, 0.25) is 0 Å². The summed E-state index contributed by atoms with van der Waals surface area (Å²) in [5.41, 5.74) is 6.23. The van der Waals surface area contributed by atoms with Crippen molar-refractivity contribution in [3.8, 4) is 0 Å². The average Bonchev–Trinajstić information content (AvgIpc) is 3.69.